The van der Waals surface area contributed by atoms with E-state index < -0.39 is 23.8 Å². The highest BCUT2D eigenvalue weighted by atomic mass is 32.1. The van der Waals surface area contributed by atoms with Crippen LogP contribution in [0.25, 0.3) is 0 Å². The monoisotopic (exact) mass is 422 g/mol. The molecule has 4 N–H and O–H groups in total. The number of carboxylic acid groups (broad SMARTS) is 1. The van der Waals surface area contributed by atoms with Crippen LogP contribution in [0.2, 0.25) is 0 Å². The lowest BCUT2D eigenvalue weighted by molar-refractivity contribution is -0.143. The molecule has 2 aliphatic rings. The summed E-state index contributed by atoms with van der Waals surface area (Å²) in [6.45, 7) is 1.59. The van der Waals surface area contributed by atoms with Crippen molar-refractivity contribution < 1.29 is 29.1 Å². The van der Waals surface area contributed by atoms with Gasteiger partial charge < -0.3 is 21.0 Å². The van der Waals surface area contributed by atoms with Crippen LogP contribution in [0.4, 0.5) is 5.13 Å². The SMILES string of the molecule is CCC(=O)C1=C(C(=O)O)N2C(=O)[C@@H](NC(=O)/C(=N\OC)c3csc(N)n3)CN2C1. The quantitative estimate of drug-likeness (QED) is 0.367. The molecule has 1 saturated heterocycles. The van der Waals surface area contributed by atoms with Crippen molar-refractivity contribution in [1.29, 1.82) is 0 Å². The number of aromatic nitrogens is 1. The number of thiazole rings is 1. The number of amides is 2. The third kappa shape index (κ3) is 3.69. The Labute approximate surface area is 168 Å². The Balaban J connectivity index is 1.81. The van der Waals surface area contributed by atoms with Gasteiger partial charge in [-0.05, 0) is 0 Å². The number of hydrogen-bond acceptors (Lipinski definition) is 10. The lowest BCUT2D eigenvalue weighted by Gasteiger charge is -2.19. The largest absolute Gasteiger partial charge is 0.477 e. The lowest BCUT2D eigenvalue weighted by atomic mass is 10.1. The number of carboxylic acids is 1. The summed E-state index contributed by atoms with van der Waals surface area (Å²) < 4.78 is 0. The van der Waals surface area contributed by atoms with Gasteiger partial charge in [-0.1, -0.05) is 12.1 Å². The predicted molar refractivity (Wildman–Crippen MR) is 100 cm³/mol. The summed E-state index contributed by atoms with van der Waals surface area (Å²) >= 11 is 1.10. The van der Waals surface area contributed by atoms with Gasteiger partial charge in [0.1, 0.15) is 18.8 Å². The molecule has 1 atom stereocenters. The Morgan fingerprint density at radius 3 is 2.76 bits per heavy atom. The fourth-order valence-electron chi connectivity index (χ4n) is 3.11. The van der Waals surface area contributed by atoms with Gasteiger partial charge in [0.15, 0.2) is 22.3 Å². The smallest absolute Gasteiger partial charge is 0.354 e. The summed E-state index contributed by atoms with van der Waals surface area (Å²) in [6.07, 6.45) is 0.121. The van der Waals surface area contributed by atoms with Gasteiger partial charge in [0.05, 0.1) is 0 Å². The van der Waals surface area contributed by atoms with Crippen molar-refractivity contribution in [3.05, 3.63) is 22.3 Å². The average molecular weight is 422 g/mol. The molecule has 29 heavy (non-hydrogen) atoms. The first-order valence-electron chi connectivity index (χ1n) is 8.50. The maximum absolute atomic E-state index is 12.8. The zero-order chi connectivity index (χ0) is 21.3. The van der Waals surface area contributed by atoms with E-state index in [9.17, 15) is 24.3 Å². The minimum atomic E-state index is -1.38. The molecule has 0 saturated carbocycles. The van der Waals surface area contributed by atoms with Gasteiger partial charge in [-0.25, -0.2) is 19.8 Å². The van der Waals surface area contributed by atoms with Gasteiger partial charge in [0, 0.05) is 30.5 Å². The van der Waals surface area contributed by atoms with Crippen molar-refractivity contribution in [2.45, 2.75) is 19.4 Å². The van der Waals surface area contributed by atoms with Crippen molar-refractivity contribution >= 4 is 45.7 Å². The van der Waals surface area contributed by atoms with E-state index in [1.54, 1.807) is 6.92 Å². The van der Waals surface area contributed by atoms with Crippen LogP contribution >= 0.6 is 11.3 Å². The number of oxime groups is 1. The lowest BCUT2D eigenvalue weighted by Crippen LogP contribution is -2.46. The summed E-state index contributed by atoms with van der Waals surface area (Å²) in [5.74, 6) is -3.13. The van der Waals surface area contributed by atoms with Crippen LogP contribution in [0.5, 0.6) is 0 Å². The summed E-state index contributed by atoms with van der Waals surface area (Å²) in [5, 5.41) is 19.7. The molecule has 1 aromatic rings. The number of rotatable bonds is 7. The summed E-state index contributed by atoms with van der Waals surface area (Å²) in [7, 11) is 1.25. The fourth-order valence-corrected chi connectivity index (χ4v) is 3.66. The number of aliphatic carboxylic acids is 1. The molecule has 0 radical (unpaired) electrons. The number of nitrogens with zero attached hydrogens (tertiary/aromatic N) is 4. The molecule has 3 heterocycles. The number of nitrogen functional groups attached to an aromatic ring is 1. The van der Waals surface area contributed by atoms with E-state index in [2.05, 4.69) is 20.3 Å². The number of hydrogen-bond donors (Lipinski definition) is 3. The molecule has 2 aliphatic heterocycles. The fraction of sp³-hybridized carbons (Fsp3) is 0.375. The Bertz CT molecular complexity index is 953. The van der Waals surface area contributed by atoms with E-state index >= 15 is 0 Å². The Hall–Kier alpha value is -3.32. The van der Waals surface area contributed by atoms with Gasteiger partial charge in [0.2, 0.25) is 0 Å². The van der Waals surface area contributed by atoms with Gasteiger partial charge in [-0.3, -0.25) is 14.4 Å². The van der Waals surface area contributed by atoms with E-state index in [1.165, 1.54) is 17.5 Å². The van der Waals surface area contributed by atoms with Gasteiger partial charge in [-0.2, -0.15) is 0 Å². The predicted octanol–water partition coefficient (Wildman–Crippen LogP) is -1.05. The molecular formula is C16H18N6O6S. The molecule has 3 rings (SSSR count). The van der Waals surface area contributed by atoms with Gasteiger partial charge >= 0.3 is 5.97 Å². The molecule has 0 spiro atoms. The van der Waals surface area contributed by atoms with Crippen molar-refractivity contribution in [2.75, 3.05) is 25.9 Å². The summed E-state index contributed by atoms with van der Waals surface area (Å²) in [5.41, 5.74) is 5.27. The molecular weight excluding hydrogens is 404 g/mol. The van der Waals surface area contributed by atoms with Crippen molar-refractivity contribution in [3.8, 4) is 0 Å². The van der Waals surface area contributed by atoms with Crippen molar-refractivity contribution in [2.24, 2.45) is 5.16 Å². The van der Waals surface area contributed by atoms with Crippen molar-refractivity contribution in [3.63, 3.8) is 0 Å². The molecule has 154 valence electrons. The van der Waals surface area contributed by atoms with Crippen LogP contribution in [0, 0.1) is 0 Å². The van der Waals surface area contributed by atoms with Crippen molar-refractivity contribution in [1.82, 2.24) is 20.3 Å². The minimum Gasteiger partial charge on any atom is -0.477 e. The van der Waals surface area contributed by atoms with Crippen LogP contribution in [-0.2, 0) is 24.0 Å². The van der Waals surface area contributed by atoms with E-state index in [0.717, 1.165) is 16.3 Å². The van der Waals surface area contributed by atoms with Crippen LogP contribution in [0.15, 0.2) is 21.8 Å². The molecule has 0 aliphatic carbocycles. The Morgan fingerprint density at radius 1 is 1.48 bits per heavy atom. The molecule has 2 amide bonds. The number of ketones is 1. The summed E-state index contributed by atoms with van der Waals surface area (Å²) in [6, 6.07) is -1.03. The highest BCUT2D eigenvalue weighted by Crippen LogP contribution is 2.30. The number of anilines is 1. The zero-order valence-electron chi connectivity index (χ0n) is 15.5. The van der Waals surface area contributed by atoms with Crippen LogP contribution in [0.3, 0.4) is 0 Å². The second kappa shape index (κ2) is 7.97. The third-order valence-electron chi connectivity index (χ3n) is 4.35. The topological polar surface area (TPSA) is 168 Å². The molecule has 13 heteroatoms. The number of Topliss-reactive ketones (excluding diaryl/α,β-unsaturated/α-hetero) is 1. The number of carbonyl (C=O) groups excluding carboxylic acids is 3. The molecule has 1 fully saturated rings. The molecule has 0 bridgehead atoms. The van der Waals surface area contributed by atoms with E-state index in [1.807, 2.05) is 0 Å². The van der Waals surface area contributed by atoms with Crippen LogP contribution in [0.1, 0.15) is 19.0 Å². The molecule has 0 aromatic carbocycles. The second-order valence-corrected chi connectivity index (χ2v) is 7.02. The molecule has 1 aromatic heterocycles. The average Bonchev–Trinajstić information content (AvgIpc) is 3.34. The first-order chi connectivity index (χ1) is 13.8. The second-order valence-electron chi connectivity index (χ2n) is 6.13. The Morgan fingerprint density at radius 2 is 2.21 bits per heavy atom. The van der Waals surface area contributed by atoms with Gasteiger partial charge in [-0.15, -0.1) is 11.3 Å². The third-order valence-corrected chi connectivity index (χ3v) is 5.02. The first kappa shape index (κ1) is 20.4. The van der Waals surface area contributed by atoms with Crippen LogP contribution < -0.4 is 11.1 Å². The normalized spacial score (nSPS) is 19.5. The van der Waals surface area contributed by atoms with E-state index in [4.69, 9.17) is 5.73 Å². The minimum absolute atomic E-state index is 0.00130. The number of nitrogens with one attached hydrogen (secondary N) is 1. The molecule has 12 nitrogen and oxygen atoms in total. The van der Waals surface area contributed by atoms with E-state index in [0.29, 0.717) is 0 Å². The summed E-state index contributed by atoms with van der Waals surface area (Å²) in [4.78, 5) is 57.8. The Kier molecular flexibility index (Phi) is 5.61. The zero-order valence-corrected chi connectivity index (χ0v) is 16.4. The molecule has 0 unspecified atom stereocenters. The maximum Gasteiger partial charge on any atom is 0.354 e. The highest BCUT2D eigenvalue weighted by Gasteiger charge is 2.49. The number of nitrogens with two attached hydrogens (primary N) is 1. The number of carbonyl (C=O) groups is 4. The van der Waals surface area contributed by atoms with E-state index in [-0.39, 0.29) is 53.1 Å². The first-order valence-corrected chi connectivity index (χ1v) is 9.38. The van der Waals surface area contributed by atoms with Gasteiger partial charge in [0.25, 0.3) is 11.8 Å². The standard InChI is InChI=1S/C16H18N6O6S/c1-3-10(23)7-4-21-5-8(14(25)22(21)12(7)15(26)27)18-13(24)11(20-28-2)9-6-29-16(17)19-9/h6,8H,3-5H2,1-2H3,(H2,17,19)(H,18,24)(H,26,27)/b20-11-/t8-/m0/s1. The number of fused-ring (bicyclic) bond motifs is 1. The van der Waals surface area contributed by atoms with Crippen LogP contribution in [-0.4, -0.2) is 75.6 Å². The maximum atomic E-state index is 12.8. The highest BCUT2D eigenvalue weighted by molar-refractivity contribution is 7.13. The number of hydrazine groups is 1.